The molecule has 0 bridgehead atoms. The summed E-state index contributed by atoms with van der Waals surface area (Å²) < 4.78 is 0. The van der Waals surface area contributed by atoms with Gasteiger partial charge in [0.2, 0.25) is 0 Å². The van der Waals surface area contributed by atoms with Gasteiger partial charge in [-0.15, -0.1) is 0 Å². The molecule has 22 heavy (non-hydrogen) atoms. The van der Waals surface area contributed by atoms with Crippen LogP contribution >= 0.6 is 0 Å². The van der Waals surface area contributed by atoms with E-state index in [2.05, 4.69) is 38.2 Å². The summed E-state index contributed by atoms with van der Waals surface area (Å²) in [6.45, 7) is 12.4. The lowest BCUT2D eigenvalue weighted by atomic mass is 9.97. The van der Waals surface area contributed by atoms with Gasteiger partial charge < -0.3 is 5.32 Å². The van der Waals surface area contributed by atoms with Crippen molar-refractivity contribution in [3.05, 3.63) is 63.7 Å². The van der Waals surface area contributed by atoms with E-state index in [1.807, 2.05) is 39.0 Å². The number of nitrogens with one attached hydrogen (secondary N) is 1. The molecule has 0 aromatic heterocycles. The zero-order chi connectivity index (χ0) is 16.4. The van der Waals surface area contributed by atoms with Crippen LogP contribution < -0.4 is 5.32 Å². The van der Waals surface area contributed by atoms with Crippen LogP contribution in [0.2, 0.25) is 0 Å². The summed E-state index contributed by atoms with van der Waals surface area (Å²) in [6.07, 6.45) is 0. The van der Waals surface area contributed by atoms with Gasteiger partial charge in [0.1, 0.15) is 0 Å². The van der Waals surface area contributed by atoms with Gasteiger partial charge in [-0.1, -0.05) is 38.1 Å². The molecule has 0 atom stereocenters. The van der Waals surface area contributed by atoms with Crippen LogP contribution in [0.15, 0.2) is 30.3 Å². The molecule has 0 saturated carbocycles. The highest BCUT2D eigenvalue weighted by molar-refractivity contribution is 6.06. The van der Waals surface area contributed by atoms with Crippen LogP contribution in [-0.4, -0.2) is 5.91 Å². The first-order chi connectivity index (χ1) is 10.3. The van der Waals surface area contributed by atoms with E-state index in [1.165, 1.54) is 11.1 Å². The Hall–Kier alpha value is -2.09. The lowest BCUT2D eigenvalue weighted by Crippen LogP contribution is -2.16. The Bertz CT molecular complexity index is 714. The molecule has 0 aliphatic rings. The highest BCUT2D eigenvalue weighted by atomic mass is 16.1. The van der Waals surface area contributed by atoms with Gasteiger partial charge >= 0.3 is 0 Å². The Kier molecular flexibility index (Phi) is 4.70. The predicted octanol–water partition coefficient (Wildman–Crippen LogP) is 5.30. The van der Waals surface area contributed by atoms with Crippen LogP contribution in [-0.2, 0) is 0 Å². The Morgan fingerprint density at radius 3 is 2.18 bits per heavy atom. The van der Waals surface area contributed by atoms with Gasteiger partial charge in [0, 0.05) is 11.3 Å². The van der Waals surface area contributed by atoms with Gasteiger partial charge in [-0.25, -0.2) is 0 Å². The predicted molar refractivity (Wildman–Crippen MR) is 93.9 cm³/mol. The second-order valence-corrected chi connectivity index (χ2v) is 6.40. The van der Waals surface area contributed by atoms with Crippen molar-refractivity contribution >= 4 is 11.6 Å². The number of carbonyl (C=O) groups excluding carboxylic acids is 1. The Balaban J connectivity index is 2.40. The number of para-hydroxylation sites is 1. The van der Waals surface area contributed by atoms with Crippen molar-refractivity contribution < 1.29 is 4.79 Å². The van der Waals surface area contributed by atoms with Crippen LogP contribution in [0.4, 0.5) is 5.69 Å². The third-order valence-corrected chi connectivity index (χ3v) is 4.25. The molecular weight excluding hydrogens is 270 g/mol. The van der Waals surface area contributed by atoms with Crippen molar-refractivity contribution in [2.24, 2.45) is 0 Å². The molecule has 0 saturated heterocycles. The molecule has 0 unspecified atom stereocenters. The number of carbonyl (C=O) groups is 1. The minimum Gasteiger partial charge on any atom is -0.321 e. The average Bonchev–Trinajstić information content (AvgIpc) is 2.44. The van der Waals surface area contributed by atoms with E-state index in [0.29, 0.717) is 5.92 Å². The molecule has 0 spiro atoms. The van der Waals surface area contributed by atoms with Crippen LogP contribution in [0.25, 0.3) is 0 Å². The molecule has 2 rings (SSSR count). The second-order valence-electron chi connectivity index (χ2n) is 6.40. The molecule has 1 amide bonds. The fourth-order valence-corrected chi connectivity index (χ4v) is 2.73. The number of hydrogen-bond donors (Lipinski definition) is 1. The van der Waals surface area contributed by atoms with Gasteiger partial charge in [0.15, 0.2) is 0 Å². The molecule has 0 aliphatic heterocycles. The Morgan fingerprint density at radius 1 is 0.909 bits per heavy atom. The summed E-state index contributed by atoms with van der Waals surface area (Å²) in [4.78, 5) is 12.7. The molecule has 2 aromatic carbocycles. The zero-order valence-electron chi connectivity index (χ0n) is 14.4. The summed E-state index contributed by atoms with van der Waals surface area (Å²) >= 11 is 0. The highest BCUT2D eigenvalue weighted by Crippen LogP contribution is 2.28. The molecule has 0 aliphatic carbocycles. The number of hydrogen-bond acceptors (Lipinski definition) is 1. The summed E-state index contributed by atoms with van der Waals surface area (Å²) in [6, 6.07) is 10.2. The number of aryl methyl sites for hydroxylation is 4. The summed E-state index contributed by atoms with van der Waals surface area (Å²) in [5.74, 6) is 0.341. The SMILES string of the molecule is Cc1cc(C)c(C(=O)Nc2c(C)cccc2C(C)C)cc1C. The maximum absolute atomic E-state index is 12.7. The molecule has 2 aromatic rings. The smallest absolute Gasteiger partial charge is 0.255 e. The largest absolute Gasteiger partial charge is 0.321 e. The standard InChI is InChI=1S/C20H25NO/c1-12(2)17-9-7-8-13(3)19(17)21-20(22)18-11-15(5)14(4)10-16(18)6/h7-12H,1-6H3,(H,21,22). The van der Waals surface area contributed by atoms with Crippen molar-refractivity contribution in [1.29, 1.82) is 0 Å². The Labute approximate surface area is 133 Å². The zero-order valence-corrected chi connectivity index (χ0v) is 14.4. The van der Waals surface area contributed by atoms with Gasteiger partial charge in [-0.05, 0) is 67.5 Å². The number of benzene rings is 2. The van der Waals surface area contributed by atoms with E-state index < -0.39 is 0 Å². The van der Waals surface area contributed by atoms with Crippen molar-refractivity contribution in [1.82, 2.24) is 0 Å². The monoisotopic (exact) mass is 295 g/mol. The quantitative estimate of drug-likeness (QED) is 0.818. The molecule has 2 nitrogen and oxygen atoms in total. The van der Waals surface area contributed by atoms with E-state index in [0.717, 1.165) is 27.9 Å². The second kappa shape index (κ2) is 6.35. The van der Waals surface area contributed by atoms with Crippen molar-refractivity contribution in [3.8, 4) is 0 Å². The lowest BCUT2D eigenvalue weighted by Gasteiger charge is -2.17. The fourth-order valence-electron chi connectivity index (χ4n) is 2.73. The maximum atomic E-state index is 12.7. The topological polar surface area (TPSA) is 29.1 Å². The molecule has 0 heterocycles. The molecule has 116 valence electrons. The maximum Gasteiger partial charge on any atom is 0.255 e. The minimum absolute atomic E-state index is 0.0307. The van der Waals surface area contributed by atoms with Crippen LogP contribution in [0.5, 0.6) is 0 Å². The first-order valence-electron chi connectivity index (χ1n) is 7.80. The molecular formula is C20H25NO. The average molecular weight is 295 g/mol. The van der Waals surface area contributed by atoms with E-state index >= 15 is 0 Å². The lowest BCUT2D eigenvalue weighted by molar-refractivity contribution is 0.102. The minimum atomic E-state index is -0.0307. The first-order valence-corrected chi connectivity index (χ1v) is 7.80. The van der Waals surface area contributed by atoms with E-state index in [4.69, 9.17) is 0 Å². The molecule has 0 fully saturated rings. The van der Waals surface area contributed by atoms with Crippen LogP contribution in [0.1, 0.15) is 57.9 Å². The number of amides is 1. The third kappa shape index (κ3) is 3.22. The summed E-state index contributed by atoms with van der Waals surface area (Å²) in [7, 11) is 0. The van der Waals surface area contributed by atoms with E-state index in [1.54, 1.807) is 0 Å². The first kappa shape index (κ1) is 16.3. The van der Waals surface area contributed by atoms with Gasteiger partial charge in [-0.2, -0.15) is 0 Å². The Morgan fingerprint density at radius 2 is 1.55 bits per heavy atom. The van der Waals surface area contributed by atoms with E-state index in [9.17, 15) is 4.79 Å². The van der Waals surface area contributed by atoms with Crippen LogP contribution in [0, 0.1) is 27.7 Å². The fraction of sp³-hybridized carbons (Fsp3) is 0.350. The van der Waals surface area contributed by atoms with Gasteiger partial charge in [-0.3, -0.25) is 4.79 Å². The summed E-state index contributed by atoms with van der Waals surface area (Å²) in [5.41, 5.74) is 7.34. The van der Waals surface area contributed by atoms with Gasteiger partial charge in [0.05, 0.1) is 0 Å². The molecule has 1 N–H and O–H groups in total. The van der Waals surface area contributed by atoms with E-state index in [-0.39, 0.29) is 5.91 Å². The van der Waals surface area contributed by atoms with Crippen molar-refractivity contribution in [3.63, 3.8) is 0 Å². The molecule has 0 radical (unpaired) electrons. The van der Waals surface area contributed by atoms with Crippen molar-refractivity contribution in [2.75, 3.05) is 5.32 Å². The van der Waals surface area contributed by atoms with Crippen LogP contribution in [0.3, 0.4) is 0 Å². The number of rotatable bonds is 3. The van der Waals surface area contributed by atoms with Gasteiger partial charge in [0.25, 0.3) is 5.91 Å². The normalized spacial score (nSPS) is 10.9. The highest BCUT2D eigenvalue weighted by Gasteiger charge is 2.15. The third-order valence-electron chi connectivity index (χ3n) is 4.25. The summed E-state index contributed by atoms with van der Waals surface area (Å²) in [5, 5.41) is 3.13. The number of anilines is 1. The molecule has 2 heteroatoms. The van der Waals surface area contributed by atoms with Crippen molar-refractivity contribution in [2.45, 2.75) is 47.5 Å².